The molecule has 0 aliphatic heterocycles. The van der Waals surface area contributed by atoms with Crippen LogP contribution in [0.4, 0.5) is 29.3 Å². The van der Waals surface area contributed by atoms with Crippen LogP contribution in [-0.2, 0) is 5.41 Å². The predicted molar refractivity (Wildman–Crippen MR) is 115 cm³/mol. The van der Waals surface area contributed by atoms with Gasteiger partial charge in [-0.3, -0.25) is 4.98 Å². The molecule has 32 heavy (non-hydrogen) atoms. The number of nitrogens with one attached hydrogen (secondary N) is 2. The average Bonchev–Trinajstić information content (AvgIpc) is 2.69. The van der Waals surface area contributed by atoms with Crippen LogP contribution in [0.1, 0.15) is 26.3 Å². The number of hydrogen-bond acceptors (Lipinski definition) is 4. The molecular formula is C23H22F3N3O3. The number of amides is 2. The Balaban J connectivity index is 1.71. The topological polar surface area (TPSA) is 72.5 Å². The van der Waals surface area contributed by atoms with Gasteiger partial charge in [-0.25, -0.2) is 4.79 Å². The first-order chi connectivity index (χ1) is 15.0. The van der Waals surface area contributed by atoms with Gasteiger partial charge in [-0.2, -0.15) is 0 Å². The second-order valence-electron chi connectivity index (χ2n) is 7.87. The second kappa shape index (κ2) is 9.17. The summed E-state index contributed by atoms with van der Waals surface area (Å²) >= 11 is 0. The largest absolute Gasteiger partial charge is 0.573 e. The van der Waals surface area contributed by atoms with Gasteiger partial charge in [-0.05, 0) is 41.8 Å². The molecule has 0 saturated carbocycles. The van der Waals surface area contributed by atoms with E-state index in [0.717, 1.165) is 17.7 Å². The quantitative estimate of drug-likeness (QED) is 0.458. The third-order valence-corrected chi connectivity index (χ3v) is 4.29. The SMILES string of the molecule is CC(C)(C)c1ccccc1Oc1cnccc1NC(=O)Nc1ccc(OC(F)(F)F)cc1. The lowest BCUT2D eigenvalue weighted by Gasteiger charge is -2.23. The van der Waals surface area contributed by atoms with Gasteiger partial charge in [-0.15, -0.1) is 13.2 Å². The van der Waals surface area contributed by atoms with Gasteiger partial charge in [0, 0.05) is 17.4 Å². The van der Waals surface area contributed by atoms with Crippen LogP contribution in [0.5, 0.6) is 17.2 Å². The van der Waals surface area contributed by atoms with Gasteiger partial charge in [0.1, 0.15) is 11.5 Å². The summed E-state index contributed by atoms with van der Waals surface area (Å²) in [5.41, 5.74) is 1.48. The number of benzene rings is 2. The van der Waals surface area contributed by atoms with E-state index >= 15 is 0 Å². The van der Waals surface area contributed by atoms with Crippen molar-refractivity contribution in [1.82, 2.24) is 4.98 Å². The summed E-state index contributed by atoms with van der Waals surface area (Å²) < 4.78 is 46.6. The van der Waals surface area contributed by atoms with E-state index in [9.17, 15) is 18.0 Å². The highest BCUT2D eigenvalue weighted by atomic mass is 19.4. The minimum Gasteiger partial charge on any atom is -0.453 e. The number of aromatic nitrogens is 1. The first kappa shape index (κ1) is 22.9. The molecule has 0 saturated heterocycles. The van der Waals surface area contributed by atoms with E-state index in [1.54, 1.807) is 6.07 Å². The van der Waals surface area contributed by atoms with E-state index < -0.39 is 12.4 Å². The van der Waals surface area contributed by atoms with Gasteiger partial charge < -0.3 is 20.1 Å². The van der Waals surface area contributed by atoms with Crippen molar-refractivity contribution in [2.75, 3.05) is 10.6 Å². The maximum atomic E-state index is 12.4. The number of para-hydroxylation sites is 1. The fourth-order valence-electron chi connectivity index (χ4n) is 2.88. The molecule has 0 fully saturated rings. The number of ether oxygens (including phenoxy) is 2. The Bertz CT molecular complexity index is 1080. The number of anilines is 2. The van der Waals surface area contributed by atoms with E-state index in [-0.39, 0.29) is 16.9 Å². The number of nitrogens with zero attached hydrogens (tertiary/aromatic N) is 1. The lowest BCUT2D eigenvalue weighted by atomic mass is 9.86. The predicted octanol–water partition coefficient (Wildman–Crippen LogP) is 6.71. The van der Waals surface area contributed by atoms with Gasteiger partial charge in [0.15, 0.2) is 5.75 Å². The lowest BCUT2D eigenvalue weighted by Crippen LogP contribution is -2.20. The number of carbonyl (C=O) groups excluding carboxylic acids is 1. The van der Waals surface area contributed by atoms with Crippen LogP contribution >= 0.6 is 0 Å². The molecule has 3 rings (SSSR count). The molecule has 0 aliphatic carbocycles. The molecule has 6 nitrogen and oxygen atoms in total. The van der Waals surface area contributed by atoms with Gasteiger partial charge in [0.05, 0.1) is 11.9 Å². The summed E-state index contributed by atoms with van der Waals surface area (Å²) in [5, 5.41) is 5.21. The zero-order valence-corrected chi connectivity index (χ0v) is 17.7. The fraction of sp³-hybridized carbons (Fsp3) is 0.217. The minimum atomic E-state index is -4.78. The maximum Gasteiger partial charge on any atom is 0.573 e. The van der Waals surface area contributed by atoms with Crippen molar-refractivity contribution in [2.45, 2.75) is 32.5 Å². The zero-order chi connectivity index (χ0) is 23.4. The van der Waals surface area contributed by atoms with Crippen molar-refractivity contribution < 1.29 is 27.4 Å². The van der Waals surface area contributed by atoms with Crippen molar-refractivity contribution in [3.05, 3.63) is 72.6 Å². The Morgan fingerprint density at radius 1 is 0.906 bits per heavy atom. The maximum absolute atomic E-state index is 12.4. The van der Waals surface area contributed by atoms with Crippen molar-refractivity contribution in [3.63, 3.8) is 0 Å². The summed E-state index contributed by atoms with van der Waals surface area (Å²) in [7, 11) is 0. The third kappa shape index (κ3) is 6.37. The average molecular weight is 445 g/mol. The Labute approximate surface area is 183 Å². The highest BCUT2D eigenvalue weighted by Gasteiger charge is 2.31. The molecule has 0 unspecified atom stereocenters. The molecule has 3 aromatic rings. The van der Waals surface area contributed by atoms with Crippen LogP contribution in [0.3, 0.4) is 0 Å². The van der Waals surface area contributed by atoms with E-state index in [2.05, 4.69) is 41.1 Å². The first-order valence-corrected chi connectivity index (χ1v) is 9.66. The van der Waals surface area contributed by atoms with Gasteiger partial charge in [-0.1, -0.05) is 39.0 Å². The van der Waals surface area contributed by atoms with E-state index in [4.69, 9.17) is 4.74 Å². The monoisotopic (exact) mass is 445 g/mol. The zero-order valence-electron chi connectivity index (χ0n) is 17.7. The smallest absolute Gasteiger partial charge is 0.453 e. The molecule has 0 aliphatic rings. The molecule has 2 amide bonds. The third-order valence-electron chi connectivity index (χ3n) is 4.29. The number of hydrogen-bond donors (Lipinski definition) is 2. The number of pyridine rings is 1. The summed E-state index contributed by atoms with van der Waals surface area (Å²) in [6, 6.07) is 13.4. The highest BCUT2D eigenvalue weighted by Crippen LogP contribution is 2.36. The lowest BCUT2D eigenvalue weighted by molar-refractivity contribution is -0.274. The Hall–Kier alpha value is -3.75. The number of carbonyl (C=O) groups is 1. The van der Waals surface area contributed by atoms with Crippen LogP contribution in [-0.4, -0.2) is 17.4 Å². The highest BCUT2D eigenvalue weighted by molar-refractivity contribution is 6.00. The molecule has 168 valence electrons. The van der Waals surface area contributed by atoms with Crippen LogP contribution in [0.25, 0.3) is 0 Å². The molecule has 0 radical (unpaired) electrons. The van der Waals surface area contributed by atoms with Crippen molar-refractivity contribution in [1.29, 1.82) is 0 Å². The molecular weight excluding hydrogens is 423 g/mol. The number of alkyl halides is 3. The van der Waals surface area contributed by atoms with Crippen LogP contribution in [0.15, 0.2) is 67.0 Å². The number of rotatable bonds is 5. The van der Waals surface area contributed by atoms with Crippen LogP contribution in [0.2, 0.25) is 0 Å². The minimum absolute atomic E-state index is 0.161. The van der Waals surface area contributed by atoms with Crippen LogP contribution in [0, 0.1) is 0 Å². The van der Waals surface area contributed by atoms with Gasteiger partial charge in [0.2, 0.25) is 0 Å². The van der Waals surface area contributed by atoms with E-state index in [1.807, 2.05) is 24.3 Å². The molecule has 0 spiro atoms. The van der Waals surface area contributed by atoms with Crippen LogP contribution < -0.4 is 20.1 Å². The standard InChI is InChI=1S/C23H22F3N3O3/c1-22(2,3)17-6-4-5-7-19(17)31-20-14-27-13-12-18(20)29-21(30)28-15-8-10-16(11-9-15)32-23(24,25)26/h4-14H,1-3H3,(H2,27,28,29,30). The Kier molecular flexibility index (Phi) is 6.57. The second-order valence-corrected chi connectivity index (χ2v) is 7.87. The summed E-state index contributed by atoms with van der Waals surface area (Å²) in [4.78, 5) is 16.5. The Morgan fingerprint density at radius 3 is 2.25 bits per heavy atom. The Morgan fingerprint density at radius 2 is 1.59 bits per heavy atom. The van der Waals surface area contributed by atoms with Crippen molar-refractivity contribution >= 4 is 17.4 Å². The molecule has 0 bridgehead atoms. The van der Waals surface area contributed by atoms with Crippen molar-refractivity contribution in [2.24, 2.45) is 0 Å². The molecule has 9 heteroatoms. The fourth-order valence-corrected chi connectivity index (χ4v) is 2.88. The number of urea groups is 1. The van der Waals surface area contributed by atoms with E-state index in [1.165, 1.54) is 24.5 Å². The van der Waals surface area contributed by atoms with Crippen molar-refractivity contribution in [3.8, 4) is 17.2 Å². The summed E-state index contributed by atoms with van der Waals surface area (Å²) in [6.45, 7) is 6.20. The summed E-state index contributed by atoms with van der Waals surface area (Å²) in [5.74, 6) is 0.593. The normalized spacial score (nSPS) is 11.6. The molecule has 1 aromatic heterocycles. The molecule has 2 aromatic carbocycles. The summed E-state index contributed by atoms with van der Waals surface area (Å²) in [6.07, 6.45) is -1.80. The first-order valence-electron chi connectivity index (χ1n) is 9.66. The molecule has 2 N–H and O–H groups in total. The van der Waals surface area contributed by atoms with Gasteiger partial charge >= 0.3 is 12.4 Å². The van der Waals surface area contributed by atoms with Gasteiger partial charge in [0.25, 0.3) is 0 Å². The van der Waals surface area contributed by atoms with E-state index in [0.29, 0.717) is 17.2 Å². The number of halogens is 3. The molecule has 1 heterocycles. The molecule has 0 atom stereocenters.